The largest absolute Gasteiger partial charge is 0.481 e. The SMILES string of the molecule is CC[C@@H](Oc1ccc2c(c1)[C@H](c1cccc(C)c1)N(C(=O)C1CC1)CC2)C(=O)N(C)Cc1ccco1. The lowest BCUT2D eigenvalue weighted by molar-refractivity contribution is -0.138. The molecule has 0 radical (unpaired) electrons. The minimum atomic E-state index is -0.603. The second-order valence-electron chi connectivity index (χ2n) is 10.0. The van der Waals surface area contributed by atoms with E-state index >= 15 is 0 Å². The Morgan fingerprint density at radius 2 is 1.97 bits per heavy atom. The molecule has 188 valence electrons. The molecule has 1 saturated carbocycles. The average molecular weight is 487 g/mol. The molecule has 6 nitrogen and oxygen atoms in total. The summed E-state index contributed by atoms with van der Waals surface area (Å²) in [5.41, 5.74) is 4.60. The minimum Gasteiger partial charge on any atom is -0.481 e. The summed E-state index contributed by atoms with van der Waals surface area (Å²) in [7, 11) is 1.76. The predicted molar refractivity (Wildman–Crippen MR) is 137 cm³/mol. The first-order valence-electron chi connectivity index (χ1n) is 12.9. The van der Waals surface area contributed by atoms with E-state index in [0.717, 1.165) is 42.7 Å². The fourth-order valence-electron chi connectivity index (χ4n) is 5.10. The predicted octanol–water partition coefficient (Wildman–Crippen LogP) is 5.29. The van der Waals surface area contributed by atoms with Crippen molar-refractivity contribution in [3.8, 4) is 5.75 Å². The third kappa shape index (κ3) is 5.03. The topological polar surface area (TPSA) is 63.0 Å². The van der Waals surface area contributed by atoms with Gasteiger partial charge in [-0.1, -0.05) is 42.8 Å². The standard InChI is InChI=1S/C30H34N2O4/c1-4-27(30(34)31(3)19-25-9-6-16-35-25)36-24-13-12-21-14-15-32(29(33)22-10-11-22)28(26(21)18-24)23-8-5-7-20(2)17-23/h5-9,12-13,16-18,22,27-28H,4,10-11,14-15,19H2,1-3H3/t27-,28+/m1/s1. The summed E-state index contributed by atoms with van der Waals surface area (Å²) in [4.78, 5) is 30.1. The number of likely N-dealkylation sites (N-methyl/N-ethyl adjacent to an activating group) is 1. The molecule has 2 amide bonds. The molecule has 5 rings (SSSR count). The van der Waals surface area contributed by atoms with Crippen LogP contribution >= 0.6 is 0 Å². The first-order valence-corrected chi connectivity index (χ1v) is 12.9. The highest BCUT2D eigenvalue weighted by atomic mass is 16.5. The number of carbonyl (C=O) groups excluding carboxylic acids is 2. The Morgan fingerprint density at radius 3 is 2.67 bits per heavy atom. The van der Waals surface area contributed by atoms with Gasteiger partial charge in [0.25, 0.3) is 5.91 Å². The molecule has 0 saturated heterocycles. The molecule has 1 fully saturated rings. The first-order chi connectivity index (χ1) is 17.4. The van der Waals surface area contributed by atoms with E-state index in [1.807, 2.05) is 31.2 Å². The molecule has 0 N–H and O–H groups in total. The van der Waals surface area contributed by atoms with Gasteiger partial charge in [0, 0.05) is 19.5 Å². The Balaban J connectivity index is 1.42. The molecule has 1 aliphatic heterocycles. The molecule has 2 aliphatic rings. The second kappa shape index (κ2) is 10.2. The van der Waals surface area contributed by atoms with Gasteiger partial charge >= 0.3 is 0 Å². The highest BCUT2D eigenvalue weighted by Gasteiger charge is 2.39. The highest BCUT2D eigenvalue weighted by Crippen LogP contribution is 2.41. The number of hydrogen-bond acceptors (Lipinski definition) is 4. The minimum absolute atomic E-state index is 0.0904. The summed E-state index contributed by atoms with van der Waals surface area (Å²) < 4.78 is 11.7. The third-order valence-electron chi connectivity index (χ3n) is 7.19. The first kappa shape index (κ1) is 24.2. The van der Waals surface area contributed by atoms with Crippen molar-refractivity contribution in [3.63, 3.8) is 0 Å². The van der Waals surface area contributed by atoms with E-state index in [1.54, 1.807) is 18.2 Å². The van der Waals surface area contributed by atoms with Gasteiger partial charge in [-0.05, 0) is 73.6 Å². The number of carbonyl (C=O) groups is 2. The molecule has 3 aromatic rings. The molecule has 0 unspecified atom stereocenters. The number of rotatable bonds is 8. The van der Waals surface area contributed by atoms with Crippen molar-refractivity contribution in [1.29, 1.82) is 0 Å². The van der Waals surface area contributed by atoms with Crippen LogP contribution in [0, 0.1) is 12.8 Å². The lowest BCUT2D eigenvalue weighted by atomic mass is 9.87. The molecule has 2 atom stereocenters. The molecule has 6 heteroatoms. The van der Waals surface area contributed by atoms with Crippen LogP contribution in [0.1, 0.15) is 60.2 Å². The van der Waals surface area contributed by atoms with Gasteiger partial charge in [0.05, 0.1) is 18.8 Å². The second-order valence-corrected chi connectivity index (χ2v) is 10.0. The molecule has 1 aliphatic carbocycles. The van der Waals surface area contributed by atoms with Crippen LogP contribution in [0.4, 0.5) is 0 Å². The van der Waals surface area contributed by atoms with Crippen molar-refractivity contribution in [2.45, 2.75) is 58.2 Å². The Bertz CT molecular complexity index is 1230. The maximum atomic E-state index is 13.3. The van der Waals surface area contributed by atoms with E-state index in [-0.39, 0.29) is 23.8 Å². The van der Waals surface area contributed by atoms with Crippen molar-refractivity contribution in [3.05, 3.63) is 88.9 Å². The quantitative estimate of drug-likeness (QED) is 0.434. The molecule has 36 heavy (non-hydrogen) atoms. The number of benzene rings is 2. The average Bonchev–Trinajstić information content (AvgIpc) is 3.62. The zero-order valence-corrected chi connectivity index (χ0v) is 21.3. The van der Waals surface area contributed by atoms with E-state index in [2.05, 4.69) is 42.2 Å². The van der Waals surface area contributed by atoms with Crippen molar-refractivity contribution >= 4 is 11.8 Å². The summed E-state index contributed by atoms with van der Waals surface area (Å²) in [5, 5.41) is 0. The van der Waals surface area contributed by atoms with Gasteiger partial charge in [-0.3, -0.25) is 9.59 Å². The van der Waals surface area contributed by atoms with Crippen LogP contribution < -0.4 is 4.74 Å². The summed E-state index contributed by atoms with van der Waals surface area (Å²) >= 11 is 0. The van der Waals surface area contributed by atoms with Gasteiger partial charge in [0.2, 0.25) is 5.91 Å². The van der Waals surface area contributed by atoms with Crippen LogP contribution in [0.25, 0.3) is 0 Å². The van der Waals surface area contributed by atoms with Crippen molar-refractivity contribution in [2.24, 2.45) is 5.92 Å². The van der Waals surface area contributed by atoms with E-state index in [4.69, 9.17) is 9.15 Å². The van der Waals surface area contributed by atoms with Gasteiger partial charge in [0.15, 0.2) is 6.10 Å². The zero-order valence-electron chi connectivity index (χ0n) is 21.3. The van der Waals surface area contributed by atoms with E-state index in [0.29, 0.717) is 18.7 Å². The highest BCUT2D eigenvalue weighted by molar-refractivity contribution is 5.82. The fraction of sp³-hybridized carbons (Fsp3) is 0.400. The molecular weight excluding hydrogens is 452 g/mol. The van der Waals surface area contributed by atoms with Crippen LogP contribution in [0.3, 0.4) is 0 Å². The number of amides is 2. The van der Waals surface area contributed by atoms with Crippen LogP contribution in [-0.2, 0) is 22.6 Å². The normalized spacial score (nSPS) is 17.9. The molecule has 1 aromatic heterocycles. The molecular formula is C30H34N2O4. The van der Waals surface area contributed by atoms with Gasteiger partial charge < -0.3 is 19.0 Å². The fourth-order valence-corrected chi connectivity index (χ4v) is 5.10. The monoisotopic (exact) mass is 486 g/mol. The molecule has 2 heterocycles. The van der Waals surface area contributed by atoms with Gasteiger partial charge in [-0.15, -0.1) is 0 Å². The van der Waals surface area contributed by atoms with E-state index < -0.39 is 6.10 Å². The number of aryl methyl sites for hydroxylation is 1. The Hall–Kier alpha value is -3.54. The van der Waals surface area contributed by atoms with Crippen LogP contribution in [0.5, 0.6) is 5.75 Å². The Labute approximate surface area is 212 Å². The van der Waals surface area contributed by atoms with E-state index in [9.17, 15) is 9.59 Å². The number of nitrogens with zero attached hydrogens (tertiary/aromatic N) is 2. The summed E-state index contributed by atoms with van der Waals surface area (Å²) in [5.74, 6) is 1.70. The van der Waals surface area contributed by atoms with E-state index in [1.165, 1.54) is 11.1 Å². The Morgan fingerprint density at radius 1 is 1.14 bits per heavy atom. The zero-order chi connectivity index (χ0) is 25.2. The lowest BCUT2D eigenvalue weighted by Crippen LogP contribution is -2.41. The van der Waals surface area contributed by atoms with Gasteiger partial charge in [-0.2, -0.15) is 0 Å². The van der Waals surface area contributed by atoms with Gasteiger partial charge in [0.1, 0.15) is 11.5 Å². The third-order valence-corrected chi connectivity index (χ3v) is 7.19. The number of furan rings is 1. The lowest BCUT2D eigenvalue weighted by Gasteiger charge is -2.38. The summed E-state index contributed by atoms with van der Waals surface area (Å²) in [6.07, 6.45) is 4.34. The van der Waals surface area contributed by atoms with Crippen molar-refractivity contribution in [1.82, 2.24) is 9.80 Å². The van der Waals surface area contributed by atoms with Crippen LogP contribution in [0.2, 0.25) is 0 Å². The van der Waals surface area contributed by atoms with Crippen LogP contribution in [0.15, 0.2) is 65.3 Å². The van der Waals surface area contributed by atoms with Crippen LogP contribution in [-0.4, -0.2) is 41.3 Å². The summed E-state index contributed by atoms with van der Waals surface area (Å²) in [6.45, 7) is 5.14. The van der Waals surface area contributed by atoms with Crippen molar-refractivity contribution in [2.75, 3.05) is 13.6 Å². The smallest absolute Gasteiger partial charge is 0.263 e. The summed E-state index contributed by atoms with van der Waals surface area (Å²) in [6, 6.07) is 18.0. The Kier molecular flexibility index (Phi) is 6.86. The van der Waals surface area contributed by atoms with Gasteiger partial charge in [-0.25, -0.2) is 0 Å². The maximum absolute atomic E-state index is 13.3. The molecule has 0 spiro atoms. The molecule has 2 aromatic carbocycles. The molecule has 0 bridgehead atoms. The number of fused-ring (bicyclic) bond motifs is 1. The maximum Gasteiger partial charge on any atom is 0.263 e. The number of hydrogen-bond donors (Lipinski definition) is 0. The van der Waals surface area contributed by atoms with Crippen molar-refractivity contribution < 1.29 is 18.7 Å². The number of ether oxygens (including phenoxy) is 1.